The number of nitrogens with zero attached hydrogens (tertiary/aromatic N) is 2. The fraction of sp³-hybridized carbons (Fsp3) is 0.280. The van der Waals surface area contributed by atoms with Crippen molar-refractivity contribution in [1.82, 2.24) is 19.8 Å². The Morgan fingerprint density at radius 2 is 2.11 bits per heavy atom. The van der Waals surface area contributed by atoms with Gasteiger partial charge in [0.15, 0.2) is 0 Å². The van der Waals surface area contributed by atoms with Gasteiger partial charge in [0.05, 0.1) is 29.0 Å². The molecule has 0 saturated heterocycles. The number of amides is 2. The summed E-state index contributed by atoms with van der Waals surface area (Å²) in [5, 5.41) is 11.2. The highest BCUT2D eigenvalue weighted by Crippen LogP contribution is 2.34. The number of anilines is 1. The molecule has 0 saturated carbocycles. The highest BCUT2D eigenvalue weighted by molar-refractivity contribution is 7.90. The van der Waals surface area contributed by atoms with Gasteiger partial charge in [0, 0.05) is 29.8 Å². The summed E-state index contributed by atoms with van der Waals surface area (Å²) in [6.45, 7) is 0.607. The predicted octanol–water partition coefficient (Wildman–Crippen LogP) is 4.38. The Labute approximate surface area is 230 Å². The van der Waals surface area contributed by atoms with Gasteiger partial charge >= 0.3 is 6.03 Å². The molecule has 5 rings (SSSR count). The number of fused-ring (bicyclic) bond motifs is 2. The van der Waals surface area contributed by atoms with Crippen LogP contribution in [0.25, 0.3) is 5.57 Å². The van der Waals surface area contributed by atoms with Crippen molar-refractivity contribution >= 4 is 50.5 Å². The normalized spacial score (nSPS) is 17.3. The van der Waals surface area contributed by atoms with E-state index in [9.17, 15) is 13.2 Å². The Bertz CT molecular complexity index is 1520. The van der Waals surface area contributed by atoms with E-state index in [4.69, 9.17) is 32.7 Å². The van der Waals surface area contributed by atoms with Crippen LogP contribution in [0.1, 0.15) is 29.7 Å². The summed E-state index contributed by atoms with van der Waals surface area (Å²) in [6.07, 6.45) is 5.69. The topological polar surface area (TPSA) is 124 Å². The minimum Gasteiger partial charge on any atom is -0.445 e. The largest absolute Gasteiger partial charge is 0.445 e. The third-order valence-corrected chi connectivity index (χ3v) is 8.19. The average Bonchev–Trinajstić information content (AvgIpc) is 3.49. The molecule has 1 aliphatic carbocycles. The number of allylic oxidation sites excluding steroid dienone is 1. The molecule has 3 aromatic rings. The van der Waals surface area contributed by atoms with Crippen molar-refractivity contribution in [3.63, 3.8) is 0 Å². The maximum absolute atomic E-state index is 12.7. The standard InChI is InChI=1S/C25H25Cl2N5O5S/c1-36-25-30-21-8-7-19(12-22(21)37-25)38(34,35)31-24(33)28-10-9-15-3-2-4-16-13-29-32(23(15)16)14-17-5-6-18(26)11-20(17)27/h5-9,11-13,25,30H,2-4,10,14H2,1H3,(H2,28,31,33)/b15-9+. The van der Waals surface area contributed by atoms with Crippen molar-refractivity contribution in [3.8, 4) is 5.75 Å². The van der Waals surface area contributed by atoms with E-state index in [1.165, 1.54) is 19.2 Å². The van der Waals surface area contributed by atoms with Crippen LogP contribution in [-0.2, 0) is 27.7 Å². The second-order valence-electron chi connectivity index (χ2n) is 8.80. The Morgan fingerprint density at radius 1 is 1.26 bits per heavy atom. The van der Waals surface area contributed by atoms with Gasteiger partial charge in [0.25, 0.3) is 16.4 Å². The first-order chi connectivity index (χ1) is 18.2. The molecule has 13 heteroatoms. The van der Waals surface area contributed by atoms with Gasteiger partial charge in [-0.1, -0.05) is 35.3 Å². The fourth-order valence-electron chi connectivity index (χ4n) is 4.45. The van der Waals surface area contributed by atoms with E-state index in [0.29, 0.717) is 28.0 Å². The van der Waals surface area contributed by atoms with Crippen molar-refractivity contribution in [2.45, 2.75) is 37.1 Å². The summed E-state index contributed by atoms with van der Waals surface area (Å²) in [5.41, 5.74) is 4.60. The van der Waals surface area contributed by atoms with Crippen molar-refractivity contribution in [1.29, 1.82) is 0 Å². The first-order valence-electron chi connectivity index (χ1n) is 11.8. The number of hydrogen-bond acceptors (Lipinski definition) is 7. The van der Waals surface area contributed by atoms with Crippen molar-refractivity contribution < 1.29 is 22.7 Å². The molecule has 200 valence electrons. The Morgan fingerprint density at radius 3 is 2.89 bits per heavy atom. The minimum atomic E-state index is -4.12. The molecule has 0 fully saturated rings. The quantitative estimate of drug-likeness (QED) is 0.380. The lowest BCUT2D eigenvalue weighted by Crippen LogP contribution is -2.39. The van der Waals surface area contributed by atoms with Gasteiger partial charge in [0.2, 0.25) is 0 Å². The summed E-state index contributed by atoms with van der Waals surface area (Å²) < 4.78 is 39.9. The monoisotopic (exact) mass is 577 g/mol. The predicted molar refractivity (Wildman–Crippen MR) is 144 cm³/mol. The number of hydrogen-bond donors (Lipinski definition) is 3. The molecule has 0 bridgehead atoms. The van der Waals surface area contributed by atoms with Crippen LogP contribution >= 0.6 is 23.2 Å². The number of methoxy groups -OCH3 is 1. The Kier molecular flexibility index (Phi) is 7.53. The molecule has 2 aromatic carbocycles. The molecule has 10 nitrogen and oxygen atoms in total. The van der Waals surface area contributed by atoms with Crippen LogP contribution < -0.4 is 20.1 Å². The molecule has 2 amide bonds. The van der Waals surface area contributed by atoms with E-state index in [-0.39, 0.29) is 11.4 Å². The Hall–Kier alpha value is -3.25. The zero-order chi connectivity index (χ0) is 26.9. The highest BCUT2D eigenvalue weighted by atomic mass is 35.5. The molecular weight excluding hydrogens is 553 g/mol. The molecular formula is C25H25Cl2N5O5S. The van der Waals surface area contributed by atoms with E-state index in [2.05, 4.69) is 15.7 Å². The summed E-state index contributed by atoms with van der Waals surface area (Å²) in [7, 11) is -2.66. The molecule has 38 heavy (non-hydrogen) atoms. The summed E-state index contributed by atoms with van der Waals surface area (Å²) in [5.74, 6) is 0.314. The maximum Gasteiger partial charge on any atom is 0.328 e. The first kappa shape index (κ1) is 26.4. The number of ether oxygens (including phenoxy) is 2. The third-order valence-electron chi connectivity index (χ3n) is 6.27. The molecule has 1 aliphatic heterocycles. The second-order valence-corrected chi connectivity index (χ2v) is 11.3. The number of carbonyl (C=O) groups is 1. The number of rotatable bonds is 7. The van der Waals surface area contributed by atoms with E-state index in [1.807, 2.05) is 27.7 Å². The zero-order valence-corrected chi connectivity index (χ0v) is 22.7. The van der Waals surface area contributed by atoms with Crippen LogP contribution in [0.5, 0.6) is 5.75 Å². The average molecular weight is 578 g/mol. The highest BCUT2D eigenvalue weighted by Gasteiger charge is 2.25. The number of nitrogens with one attached hydrogen (secondary N) is 3. The number of carbonyl (C=O) groups excluding carboxylic acids is 1. The number of aryl methyl sites for hydroxylation is 1. The van der Waals surface area contributed by atoms with Crippen LogP contribution in [0.4, 0.5) is 10.5 Å². The van der Waals surface area contributed by atoms with E-state index >= 15 is 0 Å². The smallest absolute Gasteiger partial charge is 0.328 e. The van der Waals surface area contributed by atoms with Crippen LogP contribution in [0, 0.1) is 0 Å². The van der Waals surface area contributed by atoms with Gasteiger partial charge in [-0.2, -0.15) is 5.10 Å². The van der Waals surface area contributed by atoms with E-state index in [1.54, 1.807) is 18.2 Å². The SMILES string of the molecule is COC1Nc2ccc(S(=O)(=O)NC(=O)NC/C=C3\CCCc4cnn(Cc5ccc(Cl)cc5Cl)c43)cc2O1. The van der Waals surface area contributed by atoms with Crippen molar-refractivity contribution in [3.05, 3.63) is 75.5 Å². The lowest BCUT2D eigenvalue weighted by molar-refractivity contribution is -0.0197. The first-order valence-corrected chi connectivity index (χ1v) is 14.1. The van der Waals surface area contributed by atoms with Crippen LogP contribution in [0.3, 0.4) is 0 Å². The molecule has 1 unspecified atom stereocenters. The lowest BCUT2D eigenvalue weighted by atomic mass is 9.92. The van der Waals surface area contributed by atoms with Crippen LogP contribution in [0.2, 0.25) is 10.0 Å². The molecule has 0 radical (unpaired) electrons. The molecule has 2 aliphatic rings. The fourth-order valence-corrected chi connectivity index (χ4v) is 5.86. The van der Waals surface area contributed by atoms with Gasteiger partial charge in [0.1, 0.15) is 5.75 Å². The molecule has 3 N–H and O–H groups in total. The van der Waals surface area contributed by atoms with Crippen molar-refractivity contribution in [2.75, 3.05) is 19.0 Å². The molecule has 1 aromatic heterocycles. The Balaban J connectivity index is 1.24. The van der Waals surface area contributed by atoms with Gasteiger partial charge in [-0.3, -0.25) is 4.68 Å². The number of benzene rings is 2. The number of urea groups is 1. The van der Waals surface area contributed by atoms with Gasteiger partial charge < -0.3 is 20.1 Å². The number of halogens is 2. The van der Waals surface area contributed by atoms with Gasteiger partial charge in [-0.15, -0.1) is 0 Å². The minimum absolute atomic E-state index is 0.106. The molecule has 0 spiro atoms. The lowest BCUT2D eigenvalue weighted by Gasteiger charge is -2.18. The van der Waals surface area contributed by atoms with Crippen LogP contribution in [-0.4, -0.2) is 44.3 Å². The summed E-state index contributed by atoms with van der Waals surface area (Å²) >= 11 is 12.4. The van der Waals surface area contributed by atoms with Crippen molar-refractivity contribution in [2.24, 2.45) is 0 Å². The van der Waals surface area contributed by atoms with E-state index < -0.39 is 22.5 Å². The number of sulfonamides is 1. The maximum atomic E-state index is 12.7. The van der Waals surface area contributed by atoms with Crippen LogP contribution in [0.15, 0.2) is 53.6 Å². The zero-order valence-electron chi connectivity index (χ0n) is 20.3. The molecule has 2 heterocycles. The third kappa shape index (κ3) is 5.60. The second kappa shape index (κ2) is 10.9. The number of aromatic nitrogens is 2. The van der Waals surface area contributed by atoms with Gasteiger partial charge in [-0.05, 0) is 60.2 Å². The van der Waals surface area contributed by atoms with E-state index in [0.717, 1.165) is 41.7 Å². The van der Waals surface area contributed by atoms with Gasteiger partial charge in [-0.25, -0.2) is 17.9 Å². The summed E-state index contributed by atoms with van der Waals surface area (Å²) in [4.78, 5) is 12.3. The summed E-state index contributed by atoms with van der Waals surface area (Å²) in [6, 6.07) is 8.77. The molecule has 1 atom stereocenters.